The lowest BCUT2D eigenvalue weighted by Gasteiger charge is -2.36. The number of carbonyl (C=O) groups is 1. The van der Waals surface area contributed by atoms with Crippen LogP contribution in [0.15, 0.2) is 42.5 Å². The van der Waals surface area contributed by atoms with E-state index in [9.17, 15) is 4.79 Å². The highest BCUT2D eigenvalue weighted by molar-refractivity contribution is 6.42. The minimum atomic E-state index is -0.366. The van der Waals surface area contributed by atoms with Gasteiger partial charge in [0.25, 0.3) is 5.91 Å². The van der Waals surface area contributed by atoms with Crippen molar-refractivity contribution < 1.29 is 9.53 Å². The van der Waals surface area contributed by atoms with Crippen LogP contribution in [0.5, 0.6) is 5.75 Å². The molecule has 1 amide bonds. The van der Waals surface area contributed by atoms with Crippen LogP contribution >= 0.6 is 58.0 Å². The van der Waals surface area contributed by atoms with Crippen LogP contribution in [0.2, 0.25) is 25.1 Å². The van der Waals surface area contributed by atoms with Gasteiger partial charge in [-0.1, -0.05) is 76.2 Å². The second kappa shape index (κ2) is 12.3. The van der Waals surface area contributed by atoms with E-state index in [4.69, 9.17) is 62.7 Å². The van der Waals surface area contributed by atoms with E-state index in [1.807, 2.05) is 30.3 Å². The summed E-state index contributed by atoms with van der Waals surface area (Å²) in [6, 6.07) is 13.4. The summed E-state index contributed by atoms with van der Waals surface area (Å²) in [4.78, 5) is 17.2. The Kier molecular flexibility index (Phi) is 9.38. The van der Waals surface area contributed by atoms with Gasteiger partial charge in [0.05, 0.1) is 20.8 Å². The molecule has 1 saturated heterocycles. The van der Waals surface area contributed by atoms with E-state index in [0.717, 1.165) is 49.0 Å². The lowest BCUT2D eigenvalue weighted by atomic mass is 10.1. The standard InChI is InChI=1S/C27H26Cl5N3O2/c1-16-24(30)17(2)26(32)27(25(16)31)37-15-23(36)33-19-7-8-22(21(29)13-19)35-11-9-34(10-12-35)14-18-5-3-4-6-20(18)28/h3-8,13H,9-12,14-15H2,1-2H3,(H,33,36). The molecule has 0 spiro atoms. The molecule has 0 aliphatic carbocycles. The zero-order valence-electron chi connectivity index (χ0n) is 20.4. The normalized spacial score (nSPS) is 14.1. The number of nitrogens with zero attached hydrogens (tertiary/aromatic N) is 2. The van der Waals surface area contributed by atoms with Crippen LogP contribution in [0.25, 0.3) is 0 Å². The van der Waals surface area contributed by atoms with Crippen LogP contribution in [-0.4, -0.2) is 43.6 Å². The number of hydrogen-bond acceptors (Lipinski definition) is 4. The molecule has 5 nitrogen and oxygen atoms in total. The van der Waals surface area contributed by atoms with E-state index in [1.165, 1.54) is 0 Å². The quantitative estimate of drug-likeness (QED) is 0.299. The van der Waals surface area contributed by atoms with Crippen molar-refractivity contribution in [1.82, 2.24) is 4.90 Å². The van der Waals surface area contributed by atoms with Crippen LogP contribution in [-0.2, 0) is 11.3 Å². The monoisotopic (exact) mass is 599 g/mol. The Morgan fingerprint density at radius 2 is 1.51 bits per heavy atom. The number of benzene rings is 3. The molecule has 3 aromatic carbocycles. The molecule has 1 fully saturated rings. The summed E-state index contributed by atoms with van der Waals surface area (Å²) in [5.41, 5.74) is 3.92. The first-order valence-electron chi connectivity index (χ1n) is 11.7. The molecule has 1 heterocycles. The van der Waals surface area contributed by atoms with Crippen molar-refractivity contribution in [3.05, 3.63) is 84.3 Å². The van der Waals surface area contributed by atoms with Gasteiger partial charge in [-0.3, -0.25) is 9.69 Å². The summed E-state index contributed by atoms with van der Waals surface area (Å²) in [6.45, 7) is 7.55. The summed E-state index contributed by atoms with van der Waals surface area (Å²) >= 11 is 31.8. The lowest BCUT2D eigenvalue weighted by Crippen LogP contribution is -2.46. The molecule has 4 rings (SSSR count). The Morgan fingerprint density at radius 3 is 2.14 bits per heavy atom. The van der Waals surface area contributed by atoms with Gasteiger partial charge in [0.1, 0.15) is 0 Å². The number of ether oxygens (including phenoxy) is 1. The first-order valence-corrected chi connectivity index (χ1v) is 13.6. The highest BCUT2D eigenvalue weighted by Gasteiger charge is 2.21. The number of hydrogen-bond donors (Lipinski definition) is 1. The van der Waals surface area contributed by atoms with Crippen LogP contribution in [0.3, 0.4) is 0 Å². The van der Waals surface area contributed by atoms with Gasteiger partial charge in [0.15, 0.2) is 12.4 Å². The van der Waals surface area contributed by atoms with Crippen LogP contribution in [0.4, 0.5) is 11.4 Å². The predicted molar refractivity (Wildman–Crippen MR) is 155 cm³/mol. The first-order chi connectivity index (χ1) is 17.7. The van der Waals surface area contributed by atoms with Crippen molar-refractivity contribution in [2.24, 2.45) is 0 Å². The SMILES string of the molecule is Cc1c(Cl)c(C)c(Cl)c(OCC(=O)Nc2ccc(N3CCN(Cc4ccccc4Cl)CC3)c(Cl)c2)c1Cl. The molecule has 1 aliphatic heterocycles. The van der Waals surface area contributed by atoms with Crippen molar-refractivity contribution in [1.29, 1.82) is 0 Å². The molecule has 10 heteroatoms. The third-order valence-corrected chi connectivity index (χ3v) is 8.51. The molecule has 1 N–H and O–H groups in total. The molecule has 0 radical (unpaired) electrons. The molecule has 0 saturated carbocycles. The molecule has 196 valence electrons. The fourth-order valence-corrected chi connectivity index (χ4v) is 5.54. The highest BCUT2D eigenvalue weighted by atomic mass is 35.5. The lowest BCUT2D eigenvalue weighted by molar-refractivity contribution is -0.118. The molecular formula is C27H26Cl5N3O2. The minimum Gasteiger partial charge on any atom is -0.481 e. The van der Waals surface area contributed by atoms with E-state index < -0.39 is 0 Å². The number of carbonyl (C=O) groups excluding carboxylic acids is 1. The Morgan fingerprint density at radius 1 is 0.865 bits per heavy atom. The van der Waals surface area contributed by atoms with Gasteiger partial charge in [0.2, 0.25) is 0 Å². The smallest absolute Gasteiger partial charge is 0.262 e. The molecule has 0 atom stereocenters. The Balaban J connectivity index is 1.32. The average Bonchev–Trinajstić information content (AvgIpc) is 2.88. The number of rotatable bonds is 7. The third-order valence-electron chi connectivity index (χ3n) is 6.36. The largest absolute Gasteiger partial charge is 0.481 e. The Bertz CT molecular complexity index is 1280. The number of anilines is 2. The van der Waals surface area contributed by atoms with Crippen molar-refractivity contribution in [3.8, 4) is 5.75 Å². The fourth-order valence-electron chi connectivity index (χ4n) is 4.23. The maximum Gasteiger partial charge on any atom is 0.262 e. The molecule has 37 heavy (non-hydrogen) atoms. The topological polar surface area (TPSA) is 44.8 Å². The van der Waals surface area contributed by atoms with Crippen molar-refractivity contribution >= 4 is 75.3 Å². The number of halogens is 5. The van der Waals surface area contributed by atoms with Gasteiger partial charge >= 0.3 is 0 Å². The zero-order chi connectivity index (χ0) is 26.7. The van der Waals surface area contributed by atoms with Gasteiger partial charge in [-0.15, -0.1) is 0 Å². The van der Waals surface area contributed by atoms with Crippen molar-refractivity contribution in [3.63, 3.8) is 0 Å². The predicted octanol–water partition coefficient (Wildman–Crippen LogP) is 7.91. The van der Waals surface area contributed by atoms with Crippen LogP contribution < -0.4 is 15.0 Å². The van der Waals surface area contributed by atoms with Crippen LogP contribution in [0.1, 0.15) is 16.7 Å². The van der Waals surface area contributed by atoms with Gasteiger partial charge in [0, 0.05) is 48.5 Å². The highest BCUT2D eigenvalue weighted by Crippen LogP contribution is 2.42. The second-order valence-electron chi connectivity index (χ2n) is 8.88. The summed E-state index contributed by atoms with van der Waals surface area (Å²) in [5.74, 6) is -0.130. The summed E-state index contributed by atoms with van der Waals surface area (Å²) in [5, 5.41) is 5.20. The maximum atomic E-state index is 12.5. The number of amides is 1. The molecule has 1 aliphatic rings. The van der Waals surface area contributed by atoms with Crippen molar-refractivity contribution in [2.45, 2.75) is 20.4 Å². The first kappa shape index (κ1) is 28.2. The zero-order valence-corrected chi connectivity index (χ0v) is 24.2. The average molecular weight is 602 g/mol. The molecule has 0 unspecified atom stereocenters. The van der Waals surface area contributed by atoms with Gasteiger partial charge in [-0.2, -0.15) is 0 Å². The Labute approximate surface area is 242 Å². The van der Waals surface area contributed by atoms with Crippen molar-refractivity contribution in [2.75, 3.05) is 43.0 Å². The molecule has 3 aromatic rings. The number of nitrogens with one attached hydrogen (secondary N) is 1. The van der Waals surface area contributed by atoms with Gasteiger partial charge < -0.3 is 15.0 Å². The van der Waals surface area contributed by atoms with Gasteiger partial charge in [-0.25, -0.2) is 0 Å². The molecular weight excluding hydrogens is 576 g/mol. The summed E-state index contributed by atoms with van der Waals surface area (Å²) < 4.78 is 5.64. The van der Waals surface area contributed by atoms with E-state index in [2.05, 4.69) is 21.2 Å². The van der Waals surface area contributed by atoms with E-state index >= 15 is 0 Å². The van der Waals surface area contributed by atoms with Gasteiger partial charge in [-0.05, 0) is 54.8 Å². The molecule has 0 bridgehead atoms. The molecule has 0 aromatic heterocycles. The summed E-state index contributed by atoms with van der Waals surface area (Å²) in [6.07, 6.45) is 0. The third kappa shape index (κ3) is 6.59. The fraction of sp³-hybridized carbons (Fsp3) is 0.296. The minimum absolute atomic E-state index is 0.236. The summed E-state index contributed by atoms with van der Waals surface area (Å²) in [7, 11) is 0. The van der Waals surface area contributed by atoms with E-state index in [-0.39, 0.29) is 28.3 Å². The number of piperazine rings is 1. The van der Waals surface area contributed by atoms with E-state index in [1.54, 1.807) is 19.9 Å². The maximum absolute atomic E-state index is 12.5. The second-order valence-corrected chi connectivity index (χ2v) is 10.8. The van der Waals surface area contributed by atoms with E-state index in [0.29, 0.717) is 26.9 Å². The van der Waals surface area contributed by atoms with Crippen LogP contribution in [0, 0.1) is 13.8 Å². The Hall–Kier alpha value is -1.86.